The van der Waals surface area contributed by atoms with Crippen LogP contribution in [0.1, 0.15) is 23.3 Å². The van der Waals surface area contributed by atoms with Crippen molar-refractivity contribution in [2.75, 3.05) is 6.54 Å². The van der Waals surface area contributed by atoms with Crippen molar-refractivity contribution in [3.05, 3.63) is 71.8 Å². The summed E-state index contributed by atoms with van der Waals surface area (Å²) in [6.45, 7) is 0.253. The fourth-order valence-electron chi connectivity index (χ4n) is 2.41. The molecule has 1 fully saturated rings. The molecule has 0 radical (unpaired) electrons. The van der Waals surface area contributed by atoms with Crippen molar-refractivity contribution < 1.29 is 9.53 Å². The van der Waals surface area contributed by atoms with E-state index in [-0.39, 0.29) is 24.7 Å². The number of carbonyl (C=O) groups excluding carboxylic acids is 1. The van der Waals surface area contributed by atoms with E-state index in [0.29, 0.717) is 0 Å². The van der Waals surface area contributed by atoms with Gasteiger partial charge < -0.3 is 4.74 Å². The predicted molar refractivity (Wildman–Crippen MR) is 72.5 cm³/mol. The smallest absolute Gasteiger partial charge is 0.320 e. The van der Waals surface area contributed by atoms with Crippen molar-refractivity contribution >= 4 is 5.97 Å². The maximum absolute atomic E-state index is 11.5. The molecule has 1 aliphatic rings. The maximum atomic E-state index is 11.5. The normalized spacial score (nSPS) is 22.8. The Morgan fingerprint density at radius 2 is 1.47 bits per heavy atom. The number of cyclic esters (lactones) is 1. The van der Waals surface area contributed by atoms with Gasteiger partial charge in [0.15, 0.2) is 0 Å². The number of esters is 1. The van der Waals surface area contributed by atoms with Crippen LogP contribution in [0.2, 0.25) is 0 Å². The lowest BCUT2D eigenvalue weighted by atomic mass is 9.94. The summed E-state index contributed by atoms with van der Waals surface area (Å²) in [6, 6.07) is 19.9. The predicted octanol–water partition coefficient (Wildman–Crippen LogP) is 2.62. The lowest BCUT2D eigenvalue weighted by molar-refractivity contribution is -0.155. The average Bonchev–Trinajstić information content (AvgIpc) is 2.49. The van der Waals surface area contributed by atoms with Crippen molar-refractivity contribution in [1.29, 1.82) is 0 Å². The zero-order valence-electron chi connectivity index (χ0n) is 10.5. The van der Waals surface area contributed by atoms with E-state index in [1.54, 1.807) is 0 Å². The Morgan fingerprint density at radius 1 is 0.895 bits per heavy atom. The third kappa shape index (κ3) is 2.51. The van der Waals surface area contributed by atoms with Crippen LogP contribution in [0.4, 0.5) is 0 Å². The van der Waals surface area contributed by atoms with Gasteiger partial charge in [0.05, 0.1) is 12.6 Å². The van der Waals surface area contributed by atoms with Gasteiger partial charge in [0.1, 0.15) is 6.10 Å². The first-order valence-electron chi connectivity index (χ1n) is 6.37. The molecule has 0 saturated carbocycles. The molecule has 1 heterocycles. The number of rotatable bonds is 2. The first kappa shape index (κ1) is 11.9. The molecule has 1 N–H and O–H groups in total. The van der Waals surface area contributed by atoms with Gasteiger partial charge in [-0.3, -0.25) is 10.1 Å². The zero-order valence-corrected chi connectivity index (χ0v) is 10.5. The lowest BCUT2D eigenvalue weighted by Gasteiger charge is -2.32. The van der Waals surface area contributed by atoms with Crippen molar-refractivity contribution in [3.8, 4) is 0 Å². The number of carbonyl (C=O) groups is 1. The molecule has 2 aromatic carbocycles. The van der Waals surface area contributed by atoms with Crippen molar-refractivity contribution in [2.24, 2.45) is 0 Å². The number of hydrogen-bond donors (Lipinski definition) is 1. The van der Waals surface area contributed by atoms with E-state index in [4.69, 9.17) is 4.74 Å². The highest BCUT2D eigenvalue weighted by molar-refractivity contribution is 5.73. The van der Waals surface area contributed by atoms with Gasteiger partial charge in [-0.1, -0.05) is 60.7 Å². The molecule has 0 aromatic heterocycles. The average molecular weight is 253 g/mol. The second kappa shape index (κ2) is 5.24. The van der Waals surface area contributed by atoms with E-state index >= 15 is 0 Å². The fourth-order valence-corrected chi connectivity index (χ4v) is 2.41. The molecule has 1 unspecified atom stereocenters. The van der Waals surface area contributed by atoms with Crippen molar-refractivity contribution in [3.63, 3.8) is 0 Å². The second-order valence-corrected chi connectivity index (χ2v) is 4.59. The third-order valence-corrected chi connectivity index (χ3v) is 3.31. The number of benzene rings is 2. The Hall–Kier alpha value is -2.13. The Bertz CT molecular complexity index is 553. The number of morpholine rings is 1. The van der Waals surface area contributed by atoms with Crippen LogP contribution >= 0.6 is 0 Å². The zero-order chi connectivity index (χ0) is 13.1. The topological polar surface area (TPSA) is 38.3 Å². The Kier molecular flexibility index (Phi) is 3.29. The molecule has 96 valence electrons. The molecule has 2 aromatic rings. The molecule has 1 aliphatic heterocycles. The van der Waals surface area contributed by atoms with Crippen molar-refractivity contribution in [1.82, 2.24) is 5.32 Å². The van der Waals surface area contributed by atoms with E-state index in [1.807, 2.05) is 60.7 Å². The van der Waals surface area contributed by atoms with Crippen LogP contribution < -0.4 is 5.32 Å². The summed E-state index contributed by atoms with van der Waals surface area (Å²) < 4.78 is 5.54. The first-order valence-corrected chi connectivity index (χ1v) is 6.37. The molecule has 0 aliphatic carbocycles. The molecule has 0 amide bonds. The SMILES string of the molecule is O=C1CN[C@H](c2ccccc2)C(c2ccccc2)O1. The fraction of sp³-hybridized carbons (Fsp3) is 0.188. The van der Waals surface area contributed by atoms with Crippen LogP contribution in [0.15, 0.2) is 60.7 Å². The number of hydrogen-bond acceptors (Lipinski definition) is 3. The Balaban J connectivity index is 1.95. The van der Waals surface area contributed by atoms with E-state index in [9.17, 15) is 4.79 Å². The molecule has 3 heteroatoms. The van der Waals surface area contributed by atoms with Gasteiger partial charge in [0, 0.05) is 0 Å². The van der Waals surface area contributed by atoms with E-state index in [1.165, 1.54) is 0 Å². The van der Waals surface area contributed by atoms with Gasteiger partial charge in [-0.05, 0) is 11.1 Å². The summed E-state index contributed by atoms with van der Waals surface area (Å²) in [7, 11) is 0. The summed E-state index contributed by atoms with van der Waals surface area (Å²) in [5.74, 6) is -0.207. The highest BCUT2D eigenvalue weighted by atomic mass is 16.5. The Morgan fingerprint density at radius 3 is 2.11 bits per heavy atom. The molecule has 2 atom stereocenters. The molecule has 0 bridgehead atoms. The van der Waals surface area contributed by atoms with Crippen LogP contribution in [-0.2, 0) is 9.53 Å². The van der Waals surface area contributed by atoms with Gasteiger partial charge in [0.2, 0.25) is 0 Å². The van der Waals surface area contributed by atoms with Gasteiger partial charge in [-0.15, -0.1) is 0 Å². The summed E-state index contributed by atoms with van der Waals surface area (Å²) in [4.78, 5) is 11.5. The molecular formula is C16H15NO2. The third-order valence-electron chi connectivity index (χ3n) is 3.31. The maximum Gasteiger partial charge on any atom is 0.320 e. The van der Waals surface area contributed by atoms with Crippen LogP contribution in [-0.4, -0.2) is 12.5 Å². The quantitative estimate of drug-likeness (QED) is 0.836. The van der Waals surface area contributed by atoms with Crippen molar-refractivity contribution in [2.45, 2.75) is 12.1 Å². The summed E-state index contributed by atoms with van der Waals surface area (Å²) in [5.41, 5.74) is 2.14. The number of ether oxygens (including phenoxy) is 1. The molecular weight excluding hydrogens is 238 g/mol. The van der Waals surface area contributed by atoms with E-state index in [0.717, 1.165) is 11.1 Å². The molecule has 19 heavy (non-hydrogen) atoms. The van der Waals surface area contributed by atoms with Gasteiger partial charge in [0.25, 0.3) is 0 Å². The Labute approximate surface area is 112 Å². The molecule has 1 saturated heterocycles. The van der Waals surface area contributed by atoms with Gasteiger partial charge in [-0.25, -0.2) is 0 Å². The largest absolute Gasteiger partial charge is 0.454 e. The second-order valence-electron chi connectivity index (χ2n) is 4.59. The number of nitrogens with one attached hydrogen (secondary N) is 1. The highest BCUT2D eigenvalue weighted by Crippen LogP contribution is 2.34. The van der Waals surface area contributed by atoms with Gasteiger partial charge in [-0.2, -0.15) is 0 Å². The van der Waals surface area contributed by atoms with Gasteiger partial charge >= 0.3 is 5.97 Å². The molecule has 3 rings (SSSR count). The minimum Gasteiger partial charge on any atom is -0.454 e. The van der Waals surface area contributed by atoms with Crippen LogP contribution in [0, 0.1) is 0 Å². The monoisotopic (exact) mass is 253 g/mol. The van der Waals surface area contributed by atoms with Crippen LogP contribution in [0.25, 0.3) is 0 Å². The van der Waals surface area contributed by atoms with Crippen LogP contribution in [0.5, 0.6) is 0 Å². The summed E-state index contributed by atoms with van der Waals surface area (Å²) in [5, 5.41) is 3.26. The highest BCUT2D eigenvalue weighted by Gasteiger charge is 2.32. The minimum atomic E-state index is -0.273. The van der Waals surface area contributed by atoms with Crippen LogP contribution in [0.3, 0.4) is 0 Å². The first-order chi connectivity index (χ1) is 9.34. The van der Waals surface area contributed by atoms with E-state index < -0.39 is 0 Å². The standard InChI is InChI=1S/C16H15NO2/c18-14-11-17-15(12-7-3-1-4-8-12)16(19-14)13-9-5-2-6-10-13/h1-10,15-17H,11H2/t15-,16?/m1/s1. The molecule has 0 spiro atoms. The lowest BCUT2D eigenvalue weighted by Crippen LogP contribution is -2.40. The minimum absolute atomic E-state index is 0.00120. The summed E-state index contributed by atoms with van der Waals surface area (Å²) in [6.07, 6.45) is -0.273. The summed E-state index contributed by atoms with van der Waals surface area (Å²) >= 11 is 0. The molecule has 3 nitrogen and oxygen atoms in total. The van der Waals surface area contributed by atoms with E-state index in [2.05, 4.69) is 5.32 Å².